The van der Waals surface area contributed by atoms with Crippen LogP contribution in [0.3, 0.4) is 0 Å². The quantitative estimate of drug-likeness (QED) is 0.402. The van der Waals surface area contributed by atoms with Crippen molar-refractivity contribution in [3.63, 3.8) is 0 Å². The number of hydrogen-bond donors (Lipinski definition) is 1. The summed E-state index contributed by atoms with van der Waals surface area (Å²) in [4.78, 5) is 29.2. The number of amides is 1. The van der Waals surface area contributed by atoms with Crippen molar-refractivity contribution in [2.45, 2.75) is 45.3 Å². The van der Waals surface area contributed by atoms with Crippen LogP contribution in [-0.2, 0) is 16.1 Å². The Bertz CT molecular complexity index is 1060. The van der Waals surface area contributed by atoms with E-state index in [9.17, 15) is 9.59 Å². The SMILES string of the molecule is CCOC(=O)c1ccc2c(c1)nc(SCC(=O)Nc1ccccc1C(C)C)n2CC. The number of thioether (sulfide) groups is 1. The van der Waals surface area contributed by atoms with Gasteiger partial charge in [-0.05, 0) is 49.6 Å². The van der Waals surface area contributed by atoms with Gasteiger partial charge in [0.2, 0.25) is 5.91 Å². The second-order valence-electron chi connectivity index (χ2n) is 7.14. The molecule has 7 heteroatoms. The highest BCUT2D eigenvalue weighted by Crippen LogP contribution is 2.27. The van der Waals surface area contributed by atoms with Crippen LogP contribution >= 0.6 is 11.8 Å². The molecule has 0 saturated heterocycles. The van der Waals surface area contributed by atoms with E-state index in [4.69, 9.17) is 4.74 Å². The molecule has 0 aliphatic carbocycles. The lowest BCUT2D eigenvalue weighted by Crippen LogP contribution is -2.16. The van der Waals surface area contributed by atoms with E-state index >= 15 is 0 Å². The minimum Gasteiger partial charge on any atom is -0.462 e. The van der Waals surface area contributed by atoms with E-state index in [0.717, 1.165) is 34.0 Å². The van der Waals surface area contributed by atoms with Crippen LogP contribution in [0.2, 0.25) is 0 Å². The molecule has 3 rings (SSSR count). The van der Waals surface area contributed by atoms with Crippen molar-refractivity contribution in [2.24, 2.45) is 0 Å². The summed E-state index contributed by atoms with van der Waals surface area (Å²) in [5.74, 6) is 0.144. The molecule has 1 aromatic heterocycles. The van der Waals surface area contributed by atoms with E-state index in [0.29, 0.717) is 18.1 Å². The monoisotopic (exact) mass is 425 g/mol. The average molecular weight is 426 g/mol. The second-order valence-corrected chi connectivity index (χ2v) is 8.08. The summed E-state index contributed by atoms with van der Waals surface area (Å²) in [5.41, 5.74) is 4.09. The maximum Gasteiger partial charge on any atom is 0.338 e. The number of para-hydroxylation sites is 1. The van der Waals surface area contributed by atoms with Crippen LogP contribution in [0.4, 0.5) is 5.69 Å². The van der Waals surface area contributed by atoms with Crippen molar-refractivity contribution >= 4 is 40.4 Å². The molecule has 0 radical (unpaired) electrons. The molecule has 6 nitrogen and oxygen atoms in total. The number of fused-ring (bicyclic) bond motifs is 1. The minimum absolute atomic E-state index is 0.0741. The first kappa shape index (κ1) is 21.9. The standard InChI is InChI=1S/C23H27N3O3S/c1-5-26-20-12-11-16(22(28)29-6-2)13-19(20)25-23(26)30-14-21(27)24-18-10-8-7-9-17(18)15(3)4/h7-13,15H,5-6,14H2,1-4H3,(H,24,27). The highest BCUT2D eigenvalue weighted by molar-refractivity contribution is 7.99. The van der Waals surface area contributed by atoms with Gasteiger partial charge in [0.05, 0.1) is 29.0 Å². The molecule has 1 heterocycles. The molecule has 0 bridgehead atoms. The number of benzene rings is 2. The molecular weight excluding hydrogens is 398 g/mol. The van der Waals surface area contributed by atoms with Gasteiger partial charge in [-0.3, -0.25) is 4.79 Å². The lowest BCUT2D eigenvalue weighted by molar-refractivity contribution is -0.113. The van der Waals surface area contributed by atoms with Crippen molar-refractivity contribution < 1.29 is 14.3 Å². The molecule has 0 saturated carbocycles. The van der Waals surface area contributed by atoms with Crippen molar-refractivity contribution in [1.29, 1.82) is 0 Å². The smallest absolute Gasteiger partial charge is 0.338 e. The first-order valence-corrected chi connectivity index (χ1v) is 11.1. The normalized spacial score (nSPS) is 11.1. The Balaban J connectivity index is 1.75. The zero-order valence-electron chi connectivity index (χ0n) is 17.8. The molecule has 0 atom stereocenters. The molecule has 0 aliphatic heterocycles. The summed E-state index contributed by atoms with van der Waals surface area (Å²) < 4.78 is 7.12. The fourth-order valence-electron chi connectivity index (χ4n) is 3.30. The van der Waals surface area contributed by atoms with Crippen LogP contribution in [0.25, 0.3) is 11.0 Å². The molecule has 158 valence electrons. The Kier molecular flexibility index (Phi) is 7.15. The van der Waals surface area contributed by atoms with Gasteiger partial charge >= 0.3 is 5.97 Å². The minimum atomic E-state index is -0.358. The summed E-state index contributed by atoms with van der Waals surface area (Å²) in [6, 6.07) is 13.2. The summed E-state index contributed by atoms with van der Waals surface area (Å²) in [6.07, 6.45) is 0. The van der Waals surface area contributed by atoms with E-state index in [1.165, 1.54) is 11.8 Å². The van der Waals surface area contributed by atoms with Gasteiger partial charge in [-0.2, -0.15) is 0 Å². The number of carbonyl (C=O) groups is 2. The molecule has 0 aliphatic rings. The number of imidazole rings is 1. The molecule has 0 spiro atoms. The van der Waals surface area contributed by atoms with Crippen LogP contribution in [-0.4, -0.2) is 33.8 Å². The molecule has 3 aromatic rings. The summed E-state index contributed by atoms with van der Waals surface area (Å²) in [6.45, 7) is 9.07. The first-order valence-electron chi connectivity index (χ1n) is 10.1. The molecular formula is C23H27N3O3S. The zero-order valence-corrected chi connectivity index (χ0v) is 18.6. The first-order chi connectivity index (χ1) is 14.4. The zero-order chi connectivity index (χ0) is 21.7. The lowest BCUT2D eigenvalue weighted by Gasteiger charge is -2.13. The van der Waals surface area contributed by atoms with Crippen LogP contribution < -0.4 is 5.32 Å². The summed E-state index contributed by atoms with van der Waals surface area (Å²) >= 11 is 1.39. The Morgan fingerprint density at radius 3 is 2.63 bits per heavy atom. The largest absolute Gasteiger partial charge is 0.462 e. The fraction of sp³-hybridized carbons (Fsp3) is 0.348. The third-order valence-corrected chi connectivity index (χ3v) is 5.71. The van der Waals surface area contributed by atoms with E-state index in [-0.39, 0.29) is 17.6 Å². The molecule has 0 fully saturated rings. The van der Waals surface area contributed by atoms with Gasteiger partial charge in [-0.25, -0.2) is 9.78 Å². The Labute approximate surface area is 181 Å². The number of rotatable bonds is 8. The van der Waals surface area contributed by atoms with Gasteiger partial charge in [0.25, 0.3) is 0 Å². The van der Waals surface area contributed by atoms with Crippen molar-refractivity contribution in [2.75, 3.05) is 17.7 Å². The van der Waals surface area contributed by atoms with Crippen LogP contribution in [0.5, 0.6) is 0 Å². The lowest BCUT2D eigenvalue weighted by atomic mass is 10.0. The van der Waals surface area contributed by atoms with E-state index in [1.54, 1.807) is 19.1 Å². The Hall–Kier alpha value is -2.80. The van der Waals surface area contributed by atoms with Gasteiger partial charge in [0, 0.05) is 12.2 Å². The van der Waals surface area contributed by atoms with Crippen molar-refractivity contribution in [3.8, 4) is 0 Å². The molecule has 2 aromatic carbocycles. The highest BCUT2D eigenvalue weighted by Gasteiger charge is 2.16. The van der Waals surface area contributed by atoms with E-state index in [2.05, 4.69) is 24.1 Å². The Morgan fingerprint density at radius 2 is 1.93 bits per heavy atom. The predicted octanol–water partition coefficient (Wildman–Crippen LogP) is 5.09. The van der Waals surface area contributed by atoms with Crippen molar-refractivity contribution in [3.05, 3.63) is 53.6 Å². The summed E-state index contributed by atoms with van der Waals surface area (Å²) in [5, 5.41) is 3.76. The van der Waals surface area contributed by atoms with E-state index in [1.807, 2.05) is 41.8 Å². The number of aryl methyl sites for hydroxylation is 1. The Morgan fingerprint density at radius 1 is 1.17 bits per heavy atom. The number of anilines is 1. The summed E-state index contributed by atoms with van der Waals surface area (Å²) in [7, 11) is 0. The number of aromatic nitrogens is 2. The third-order valence-electron chi connectivity index (χ3n) is 4.73. The van der Waals surface area contributed by atoms with Gasteiger partial charge in [0.1, 0.15) is 0 Å². The third kappa shape index (κ3) is 4.84. The number of esters is 1. The number of ether oxygens (including phenoxy) is 1. The van der Waals surface area contributed by atoms with Gasteiger partial charge < -0.3 is 14.6 Å². The predicted molar refractivity (Wildman–Crippen MR) is 121 cm³/mol. The van der Waals surface area contributed by atoms with E-state index < -0.39 is 0 Å². The molecule has 1 N–H and O–H groups in total. The van der Waals surface area contributed by atoms with Gasteiger partial charge in [-0.1, -0.05) is 43.8 Å². The maximum absolute atomic E-state index is 12.6. The van der Waals surface area contributed by atoms with Gasteiger partial charge in [-0.15, -0.1) is 0 Å². The number of nitrogens with one attached hydrogen (secondary N) is 1. The average Bonchev–Trinajstić information content (AvgIpc) is 3.09. The van der Waals surface area contributed by atoms with Gasteiger partial charge in [0.15, 0.2) is 5.16 Å². The van der Waals surface area contributed by atoms with Crippen LogP contribution in [0.15, 0.2) is 47.6 Å². The molecule has 0 unspecified atom stereocenters. The van der Waals surface area contributed by atoms with Crippen LogP contribution in [0.1, 0.15) is 49.5 Å². The molecule has 1 amide bonds. The fourth-order valence-corrected chi connectivity index (χ4v) is 4.17. The number of carbonyl (C=O) groups excluding carboxylic acids is 2. The number of hydrogen-bond acceptors (Lipinski definition) is 5. The maximum atomic E-state index is 12.6. The topological polar surface area (TPSA) is 73.2 Å². The second kappa shape index (κ2) is 9.80. The molecule has 30 heavy (non-hydrogen) atoms. The van der Waals surface area contributed by atoms with Crippen LogP contribution in [0, 0.1) is 0 Å². The van der Waals surface area contributed by atoms with Crippen molar-refractivity contribution in [1.82, 2.24) is 9.55 Å². The highest BCUT2D eigenvalue weighted by atomic mass is 32.2. The number of nitrogens with zero attached hydrogens (tertiary/aromatic N) is 2.